The maximum absolute atomic E-state index is 5.83. The second kappa shape index (κ2) is 4.88. The van der Waals surface area contributed by atoms with Crippen molar-refractivity contribution in [2.75, 3.05) is 12.8 Å². The molecular formula is C15H17N3O. The summed E-state index contributed by atoms with van der Waals surface area (Å²) in [6, 6.07) is 8.48. The fourth-order valence-corrected chi connectivity index (χ4v) is 2.48. The zero-order chi connectivity index (χ0) is 13.2. The van der Waals surface area contributed by atoms with Crippen LogP contribution in [-0.4, -0.2) is 17.1 Å². The van der Waals surface area contributed by atoms with E-state index in [1.165, 1.54) is 31.2 Å². The molecule has 0 radical (unpaired) electrons. The van der Waals surface area contributed by atoms with E-state index in [2.05, 4.69) is 28.2 Å². The van der Waals surface area contributed by atoms with Crippen molar-refractivity contribution in [1.82, 2.24) is 9.97 Å². The lowest BCUT2D eigenvalue weighted by Gasteiger charge is -2.26. The van der Waals surface area contributed by atoms with E-state index < -0.39 is 0 Å². The minimum atomic E-state index is 0.376. The SMILES string of the molecule is COc1c(N)ncnc1-c1cccc(C2CCC2)c1. The van der Waals surface area contributed by atoms with Gasteiger partial charge in [-0.3, -0.25) is 0 Å². The van der Waals surface area contributed by atoms with Crippen LogP contribution in [0.5, 0.6) is 5.75 Å². The molecular weight excluding hydrogens is 238 g/mol. The van der Waals surface area contributed by atoms with E-state index >= 15 is 0 Å². The van der Waals surface area contributed by atoms with E-state index in [0.29, 0.717) is 17.5 Å². The summed E-state index contributed by atoms with van der Waals surface area (Å²) in [7, 11) is 1.59. The smallest absolute Gasteiger partial charge is 0.187 e. The summed E-state index contributed by atoms with van der Waals surface area (Å²) in [6.07, 6.45) is 5.38. The Balaban J connectivity index is 2.04. The molecule has 0 aliphatic heterocycles. The van der Waals surface area contributed by atoms with Crippen LogP contribution in [0, 0.1) is 0 Å². The van der Waals surface area contributed by atoms with Gasteiger partial charge in [0.15, 0.2) is 11.6 Å². The van der Waals surface area contributed by atoms with Gasteiger partial charge in [0.1, 0.15) is 12.0 Å². The molecule has 1 aliphatic rings. The van der Waals surface area contributed by atoms with Gasteiger partial charge in [-0.15, -0.1) is 0 Å². The molecule has 98 valence electrons. The highest BCUT2D eigenvalue weighted by atomic mass is 16.5. The Morgan fingerprint density at radius 1 is 1.26 bits per heavy atom. The maximum Gasteiger partial charge on any atom is 0.187 e. The summed E-state index contributed by atoms with van der Waals surface area (Å²) in [5.41, 5.74) is 9.00. The van der Waals surface area contributed by atoms with Gasteiger partial charge in [0.05, 0.1) is 7.11 Å². The van der Waals surface area contributed by atoms with Crippen LogP contribution in [0.2, 0.25) is 0 Å². The summed E-state index contributed by atoms with van der Waals surface area (Å²) >= 11 is 0. The number of nitrogens with two attached hydrogens (primary N) is 1. The first-order valence-corrected chi connectivity index (χ1v) is 6.54. The molecule has 1 aliphatic carbocycles. The Labute approximate surface area is 112 Å². The first kappa shape index (κ1) is 12.0. The van der Waals surface area contributed by atoms with Gasteiger partial charge >= 0.3 is 0 Å². The number of methoxy groups -OCH3 is 1. The zero-order valence-electron chi connectivity index (χ0n) is 11.0. The van der Waals surface area contributed by atoms with Crippen LogP contribution in [0.1, 0.15) is 30.7 Å². The van der Waals surface area contributed by atoms with Gasteiger partial charge in [0.2, 0.25) is 0 Å². The van der Waals surface area contributed by atoms with Crippen molar-refractivity contribution < 1.29 is 4.74 Å². The lowest BCUT2D eigenvalue weighted by molar-refractivity contribution is 0.415. The van der Waals surface area contributed by atoms with E-state index in [0.717, 1.165) is 11.3 Å². The third-order valence-corrected chi connectivity index (χ3v) is 3.77. The minimum Gasteiger partial charge on any atom is -0.491 e. The minimum absolute atomic E-state index is 0.376. The monoisotopic (exact) mass is 255 g/mol. The number of nitrogens with zero attached hydrogens (tertiary/aromatic N) is 2. The first-order chi connectivity index (χ1) is 9.29. The Morgan fingerprint density at radius 3 is 2.79 bits per heavy atom. The van der Waals surface area contributed by atoms with Gasteiger partial charge in [-0.2, -0.15) is 0 Å². The maximum atomic E-state index is 5.83. The van der Waals surface area contributed by atoms with Crippen LogP contribution < -0.4 is 10.5 Å². The average Bonchev–Trinajstić information content (AvgIpc) is 2.37. The van der Waals surface area contributed by atoms with Crippen molar-refractivity contribution in [3.63, 3.8) is 0 Å². The fraction of sp³-hybridized carbons (Fsp3) is 0.333. The van der Waals surface area contributed by atoms with E-state index in [1.54, 1.807) is 7.11 Å². The summed E-state index contributed by atoms with van der Waals surface area (Å²) < 4.78 is 5.32. The summed E-state index contributed by atoms with van der Waals surface area (Å²) in [6.45, 7) is 0. The molecule has 2 N–H and O–H groups in total. The number of hydrogen-bond acceptors (Lipinski definition) is 4. The zero-order valence-corrected chi connectivity index (χ0v) is 11.0. The number of benzene rings is 1. The average molecular weight is 255 g/mol. The van der Waals surface area contributed by atoms with Crippen molar-refractivity contribution in [2.45, 2.75) is 25.2 Å². The lowest BCUT2D eigenvalue weighted by Crippen LogP contribution is -2.08. The van der Waals surface area contributed by atoms with Gasteiger partial charge in [0, 0.05) is 5.56 Å². The first-order valence-electron chi connectivity index (χ1n) is 6.54. The molecule has 1 aromatic heterocycles. The van der Waals surface area contributed by atoms with Crippen molar-refractivity contribution >= 4 is 5.82 Å². The van der Waals surface area contributed by atoms with E-state index in [9.17, 15) is 0 Å². The van der Waals surface area contributed by atoms with Crippen LogP contribution in [0.4, 0.5) is 5.82 Å². The summed E-state index contributed by atoms with van der Waals surface area (Å²) in [4.78, 5) is 8.27. The Morgan fingerprint density at radius 2 is 2.11 bits per heavy atom. The fourth-order valence-electron chi connectivity index (χ4n) is 2.48. The highest BCUT2D eigenvalue weighted by molar-refractivity contribution is 5.72. The van der Waals surface area contributed by atoms with Crippen LogP contribution in [-0.2, 0) is 0 Å². The van der Waals surface area contributed by atoms with Gasteiger partial charge in [0.25, 0.3) is 0 Å². The molecule has 0 saturated heterocycles. The Bertz CT molecular complexity index is 594. The molecule has 4 heteroatoms. The van der Waals surface area contributed by atoms with Crippen LogP contribution >= 0.6 is 0 Å². The topological polar surface area (TPSA) is 61.0 Å². The van der Waals surface area contributed by atoms with Gasteiger partial charge in [-0.05, 0) is 30.4 Å². The van der Waals surface area contributed by atoms with Crippen molar-refractivity contribution in [1.29, 1.82) is 0 Å². The molecule has 0 bridgehead atoms. The molecule has 0 spiro atoms. The standard InChI is InChI=1S/C15H17N3O/c1-19-14-13(17-9-18-15(14)16)12-7-3-6-11(8-12)10-4-2-5-10/h3,6-10H,2,4-5H2,1H3,(H2,16,17,18). The molecule has 0 atom stereocenters. The van der Waals surface area contributed by atoms with Crippen molar-refractivity contribution in [3.8, 4) is 17.0 Å². The quantitative estimate of drug-likeness (QED) is 0.915. The molecule has 4 nitrogen and oxygen atoms in total. The normalized spacial score (nSPS) is 15.0. The third-order valence-electron chi connectivity index (χ3n) is 3.77. The molecule has 3 rings (SSSR count). The molecule has 1 saturated carbocycles. The predicted molar refractivity (Wildman–Crippen MR) is 75.0 cm³/mol. The second-order valence-electron chi connectivity index (χ2n) is 4.89. The Hall–Kier alpha value is -2.10. The predicted octanol–water partition coefficient (Wildman–Crippen LogP) is 3.00. The molecule has 1 aromatic carbocycles. The number of anilines is 1. The molecule has 0 unspecified atom stereocenters. The number of nitrogen functional groups attached to an aromatic ring is 1. The van der Waals surface area contributed by atoms with Gasteiger partial charge in [-0.1, -0.05) is 24.6 Å². The third kappa shape index (κ3) is 2.14. The van der Waals surface area contributed by atoms with Gasteiger partial charge in [-0.25, -0.2) is 9.97 Å². The molecule has 1 heterocycles. The van der Waals surface area contributed by atoms with Crippen molar-refractivity contribution in [2.24, 2.45) is 0 Å². The highest BCUT2D eigenvalue weighted by Gasteiger charge is 2.20. The lowest BCUT2D eigenvalue weighted by atomic mass is 9.79. The van der Waals surface area contributed by atoms with E-state index in [4.69, 9.17) is 10.5 Å². The second-order valence-corrected chi connectivity index (χ2v) is 4.89. The molecule has 0 amide bonds. The van der Waals surface area contributed by atoms with Crippen LogP contribution in [0.15, 0.2) is 30.6 Å². The van der Waals surface area contributed by atoms with Crippen LogP contribution in [0.3, 0.4) is 0 Å². The Kier molecular flexibility index (Phi) is 3.07. The number of aromatic nitrogens is 2. The molecule has 19 heavy (non-hydrogen) atoms. The van der Waals surface area contributed by atoms with E-state index in [-0.39, 0.29) is 0 Å². The molecule has 2 aromatic rings. The number of ether oxygens (including phenoxy) is 1. The highest BCUT2D eigenvalue weighted by Crippen LogP contribution is 2.38. The van der Waals surface area contributed by atoms with Gasteiger partial charge < -0.3 is 10.5 Å². The molecule has 1 fully saturated rings. The van der Waals surface area contributed by atoms with Crippen LogP contribution in [0.25, 0.3) is 11.3 Å². The number of rotatable bonds is 3. The van der Waals surface area contributed by atoms with E-state index in [1.807, 2.05) is 6.07 Å². The van der Waals surface area contributed by atoms with Crippen molar-refractivity contribution in [3.05, 3.63) is 36.2 Å². The number of hydrogen-bond donors (Lipinski definition) is 1. The largest absolute Gasteiger partial charge is 0.491 e. The summed E-state index contributed by atoms with van der Waals surface area (Å²) in [5.74, 6) is 1.62. The summed E-state index contributed by atoms with van der Waals surface area (Å²) in [5, 5.41) is 0.